The van der Waals surface area contributed by atoms with E-state index in [1.165, 1.54) is 6.42 Å². The van der Waals surface area contributed by atoms with Gasteiger partial charge in [0.05, 0.1) is 6.10 Å². The van der Waals surface area contributed by atoms with Gasteiger partial charge >= 0.3 is 6.18 Å². The van der Waals surface area contributed by atoms with E-state index in [1.807, 2.05) is 24.3 Å². The van der Waals surface area contributed by atoms with Crippen molar-refractivity contribution in [3.05, 3.63) is 65.9 Å². The molecule has 0 spiro atoms. The molecule has 0 atom stereocenters. The Kier molecular flexibility index (Phi) is 7.19. The second-order valence-electron chi connectivity index (χ2n) is 9.93. The Morgan fingerprint density at radius 2 is 1.43 bits per heavy atom. The molecule has 0 amide bonds. The lowest BCUT2D eigenvalue weighted by molar-refractivity contribution is -0.137. The minimum Gasteiger partial charge on any atom is -0.490 e. The van der Waals surface area contributed by atoms with Crippen LogP contribution in [0.15, 0.2) is 54.7 Å². The molecule has 3 aromatic rings. The van der Waals surface area contributed by atoms with Crippen LogP contribution in [0.1, 0.15) is 64.0 Å². The quantitative estimate of drug-likeness (QED) is 0.371. The van der Waals surface area contributed by atoms with Crippen molar-refractivity contribution in [2.24, 2.45) is 0 Å². The predicted octanol–water partition coefficient (Wildman–Crippen LogP) is 7.99. The van der Waals surface area contributed by atoms with Crippen LogP contribution in [-0.4, -0.2) is 16.1 Å². The zero-order valence-electron chi connectivity index (χ0n) is 20.2. The van der Waals surface area contributed by atoms with Crippen molar-refractivity contribution in [3.8, 4) is 5.75 Å². The first-order chi connectivity index (χ1) is 16.6. The van der Waals surface area contributed by atoms with Crippen LogP contribution in [0.4, 0.5) is 36.3 Å². The van der Waals surface area contributed by atoms with Crippen molar-refractivity contribution >= 4 is 23.1 Å². The number of hydrogen-bond acceptors (Lipinski definition) is 5. The second kappa shape index (κ2) is 10.1. The Labute approximate surface area is 204 Å². The fourth-order valence-corrected chi connectivity index (χ4v) is 4.06. The van der Waals surface area contributed by atoms with Crippen molar-refractivity contribution in [2.75, 3.05) is 10.6 Å². The molecule has 35 heavy (non-hydrogen) atoms. The Morgan fingerprint density at radius 3 is 2.03 bits per heavy atom. The van der Waals surface area contributed by atoms with Gasteiger partial charge in [-0.2, -0.15) is 18.2 Å². The molecule has 1 aromatic heterocycles. The number of aromatic nitrogens is 2. The molecule has 0 saturated heterocycles. The van der Waals surface area contributed by atoms with Crippen LogP contribution in [0.2, 0.25) is 0 Å². The first-order valence-corrected chi connectivity index (χ1v) is 11.9. The number of ether oxygens (including phenoxy) is 1. The summed E-state index contributed by atoms with van der Waals surface area (Å²) in [6, 6.07) is 14.6. The van der Waals surface area contributed by atoms with Crippen LogP contribution in [0.25, 0.3) is 0 Å². The first kappa shape index (κ1) is 24.8. The largest absolute Gasteiger partial charge is 0.490 e. The normalized spacial score (nSPS) is 15.0. The molecule has 4 rings (SSSR count). The van der Waals surface area contributed by atoms with E-state index in [0.717, 1.165) is 37.4 Å². The second-order valence-corrected chi connectivity index (χ2v) is 9.93. The van der Waals surface area contributed by atoms with Gasteiger partial charge in [0.25, 0.3) is 0 Å². The molecule has 1 aliphatic rings. The topological polar surface area (TPSA) is 59.1 Å². The van der Waals surface area contributed by atoms with Crippen LogP contribution < -0.4 is 15.4 Å². The highest BCUT2D eigenvalue weighted by molar-refractivity contribution is 5.63. The van der Waals surface area contributed by atoms with Gasteiger partial charge in [0.2, 0.25) is 5.95 Å². The summed E-state index contributed by atoms with van der Waals surface area (Å²) in [7, 11) is 0. The standard InChI is InChI=1S/C27H31F3N4O/c1-26(2,3)18-9-11-20(12-10-18)33-25-31-17-23(27(28,29)30)24(34-25)32-19-13-15-22(16-14-19)35-21-7-5-4-6-8-21/h9-17,21H,4-8H2,1-3H3,(H2,31,32,33,34). The Bertz CT molecular complexity index is 1120. The minimum absolute atomic E-state index is 0.00251. The molecule has 2 aromatic carbocycles. The van der Waals surface area contributed by atoms with E-state index in [1.54, 1.807) is 24.3 Å². The third-order valence-corrected chi connectivity index (χ3v) is 6.07. The fraction of sp³-hybridized carbons (Fsp3) is 0.407. The van der Waals surface area contributed by atoms with Crippen LogP contribution in [-0.2, 0) is 11.6 Å². The molecule has 1 heterocycles. The third kappa shape index (κ3) is 6.65. The van der Waals surface area contributed by atoms with Crippen molar-refractivity contribution in [2.45, 2.75) is 70.6 Å². The molecule has 0 bridgehead atoms. The Morgan fingerprint density at radius 1 is 0.829 bits per heavy atom. The van der Waals surface area contributed by atoms with Gasteiger partial charge in [0, 0.05) is 17.6 Å². The van der Waals surface area contributed by atoms with Gasteiger partial charge in [-0.3, -0.25) is 0 Å². The van der Waals surface area contributed by atoms with Crippen molar-refractivity contribution in [1.82, 2.24) is 9.97 Å². The molecular weight excluding hydrogens is 453 g/mol. The lowest BCUT2D eigenvalue weighted by atomic mass is 9.87. The fourth-order valence-electron chi connectivity index (χ4n) is 4.06. The molecule has 186 valence electrons. The number of hydrogen-bond donors (Lipinski definition) is 2. The SMILES string of the molecule is CC(C)(C)c1ccc(Nc2ncc(C(F)(F)F)c(Nc3ccc(OC4CCCCC4)cc3)n2)cc1. The zero-order chi connectivity index (χ0) is 25.1. The van der Waals surface area contributed by atoms with Crippen molar-refractivity contribution < 1.29 is 17.9 Å². The average molecular weight is 485 g/mol. The van der Waals surface area contributed by atoms with Crippen LogP contribution in [0.3, 0.4) is 0 Å². The number of benzene rings is 2. The molecule has 0 radical (unpaired) electrons. The Hall–Kier alpha value is -3.29. The van der Waals surface area contributed by atoms with Crippen molar-refractivity contribution in [1.29, 1.82) is 0 Å². The maximum absolute atomic E-state index is 13.6. The lowest BCUT2D eigenvalue weighted by Gasteiger charge is -2.23. The molecule has 0 aliphatic heterocycles. The average Bonchev–Trinajstić information content (AvgIpc) is 2.80. The smallest absolute Gasteiger partial charge is 0.421 e. The van der Waals surface area contributed by atoms with E-state index in [9.17, 15) is 13.2 Å². The highest BCUT2D eigenvalue weighted by Gasteiger charge is 2.35. The molecule has 8 heteroatoms. The van der Waals surface area contributed by atoms with Crippen molar-refractivity contribution in [3.63, 3.8) is 0 Å². The monoisotopic (exact) mass is 484 g/mol. The summed E-state index contributed by atoms with van der Waals surface area (Å²) in [5.41, 5.74) is 1.37. The van der Waals surface area contributed by atoms with Gasteiger partial charge < -0.3 is 15.4 Å². The number of nitrogens with zero attached hydrogens (tertiary/aromatic N) is 2. The molecule has 1 saturated carbocycles. The van der Waals surface area contributed by atoms with Gasteiger partial charge in [0.15, 0.2) is 0 Å². The van der Waals surface area contributed by atoms with Gasteiger partial charge in [0.1, 0.15) is 17.1 Å². The Balaban J connectivity index is 1.51. The number of halogens is 3. The third-order valence-electron chi connectivity index (χ3n) is 6.07. The highest BCUT2D eigenvalue weighted by Crippen LogP contribution is 2.36. The molecule has 1 aliphatic carbocycles. The molecule has 5 nitrogen and oxygen atoms in total. The number of alkyl halides is 3. The number of nitrogens with one attached hydrogen (secondary N) is 2. The molecule has 0 unspecified atom stereocenters. The summed E-state index contributed by atoms with van der Waals surface area (Å²) >= 11 is 0. The number of anilines is 4. The van der Waals surface area contributed by atoms with Gasteiger partial charge in [-0.05, 0) is 73.1 Å². The maximum atomic E-state index is 13.6. The molecular formula is C27H31F3N4O. The first-order valence-electron chi connectivity index (χ1n) is 11.9. The molecule has 2 N–H and O–H groups in total. The summed E-state index contributed by atoms with van der Waals surface area (Å²) in [5, 5.41) is 5.79. The molecule has 1 fully saturated rings. The summed E-state index contributed by atoms with van der Waals surface area (Å²) in [4.78, 5) is 8.02. The van der Waals surface area contributed by atoms with Gasteiger partial charge in [-0.15, -0.1) is 0 Å². The zero-order valence-corrected chi connectivity index (χ0v) is 20.2. The van der Waals surface area contributed by atoms with E-state index in [2.05, 4.69) is 41.4 Å². The summed E-state index contributed by atoms with van der Waals surface area (Å²) in [6.45, 7) is 6.34. The van der Waals surface area contributed by atoms with E-state index >= 15 is 0 Å². The predicted molar refractivity (Wildman–Crippen MR) is 133 cm³/mol. The summed E-state index contributed by atoms with van der Waals surface area (Å²) in [6.07, 6.45) is 2.02. The highest BCUT2D eigenvalue weighted by atomic mass is 19.4. The van der Waals surface area contributed by atoms with Crippen LogP contribution in [0, 0.1) is 0 Å². The number of rotatable bonds is 6. The van der Waals surface area contributed by atoms with E-state index in [4.69, 9.17) is 4.74 Å². The van der Waals surface area contributed by atoms with Gasteiger partial charge in [-0.25, -0.2) is 4.98 Å². The van der Waals surface area contributed by atoms with Gasteiger partial charge in [-0.1, -0.05) is 39.3 Å². The maximum Gasteiger partial charge on any atom is 0.421 e. The van der Waals surface area contributed by atoms with E-state index in [0.29, 0.717) is 17.1 Å². The summed E-state index contributed by atoms with van der Waals surface area (Å²) in [5.74, 6) is 0.464. The minimum atomic E-state index is -4.60. The summed E-state index contributed by atoms with van der Waals surface area (Å²) < 4.78 is 46.9. The van der Waals surface area contributed by atoms with Crippen LogP contribution >= 0.6 is 0 Å². The van der Waals surface area contributed by atoms with Crippen LogP contribution in [0.5, 0.6) is 5.75 Å². The van der Waals surface area contributed by atoms with E-state index in [-0.39, 0.29) is 23.3 Å². The van der Waals surface area contributed by atoms with E-state index < -0.39 is 11.7 Å². The lowest BCUT2D eigenvalue weighted by Crippen LogP contribution is -2.19.